The molecule has 3 N–H and O–H groups in total. The van der Waals surface area contributed by atoms with E-state index in [1.165, 1.54) is 6.34 Å². The first-order chi connectivity index (χ1) is 7.70. The largest absolute Gasteiger partial charge is 0.358 e. The monoisotopic (exact) mass is 216 g/mol. The second-order valence-electron chi connectivity index (χ2n) is 3.74. The van der Waals surface area contributed by atoms with Gasteiger partial charge in [0.15, 0.2) is 0 Å². The predicted octanol–water partition coefficient (Wildman–Crippen LogP) is 1.05. The first-order valence-corrected chi connectivity index (χ1v) is 5.11. The van der Waals surface area contributed by atoms with Gasteiger partial charge in [-0.1, -0.05) is 30.3 Å². The number of nitrogens with one attached hydrogen (secondary N) is 1. The maximum absolute atomic E-state index is 9.14. The molecule has 0 saturated carbocycles. The van der Waals surface area contributed by atoms with Crippen molar-refractivity contribution < 1.29 is 0 Å². The quantitative estimate of drug-likeness (QED) is 0.570. The van der Waals surface area contributed by atoms with Crippen molar-refractivity contribution in [2.24, 2.45) is 10.7 Å². The average molecular weight is 216 g/mol. The van der Waals surface area contributed by atoms with E-state index < -0.39 is 5.54 Å². The summed E-state index contributed by atoms with van der Waals surface area (Å²) in [6.45, 7) is 2.06. The summed E-state index contributed by atoms with van der Waals surface area (Å²) < 4.78 is 0. The van der Waals surface area contributed by atoms with Gasteiger partial charge in [-0.3, -0.25) is 4.99 Å². The summed E-state index contributed by atoms with van der Waals surface area (Å²) >= 11 is 0. The molecule has 1 rings (SSSR count). The Bertz CT molecular complexity index is 380. The molecule has 0 saturated heterocycles. The molecule has 0 radical (unpaired) electrons. The van der Waals surface area contributed by atoms with Crippen LogP contribution in [0.1, 0.15) is 12.5 Å². The summed E-state index contributed by atoms with van der Waals surface area (Å²) in [6.07, 6.45) is 2.12. The highest BCUT2D eigenvalue weighted by Gasteiger charge is 2.22. The number of nitriles is 1. The minimum absolute atomic E-state index is 0.222. The van der Waals surface area contributed by atoms with Gasteiger partial charge in [0.1, 0.15) is 5.54 Å². The Morgan fingerprint density at radius 1 is 1.50 bits per heavy atom. The normalized spacial score (nSPS) is 14.3. The third-order valence-corrected chi connectivity index (χ3v) is 2.23. The Morgan fingerprint density at radius 3 is 2.75 bits per heavy atom. The van der Waals surface area contributed by atoms with Crippen molar-refractivity contribution in [3.63, 3.8) is 0 Å². The molecule has 1 atom stereocenters. The van der Waals surface area contributed by atoms with Crippen molar-refractivity contribution in [3.05, 3.63) is 35.9 Å². The van der Waals surface area contributed by atoms with Crippen LogP contribution in [0.2, 0.25) is 0 Å². The molecular formula is C12H16N4. The highest BCUT2D eigenvalue weighted by molar-refractivity contribution is 5.56. The topological polar surface area (TPSA) is 74.2 Å². The highest BCUT2D eigenvalue weighted by atomic mass is 15.0. The van der Waals surface area contributed by atoms with Crippen LogP contribution >= 0.6 is 0 Å². The number of benzene rings is 1. The molecule has 0 amide bonds. The van der Waals surface area contributed by atoms with Crippen LogP contribution in [-0.2, 0) is 6.42 Å². The summed E-state index contributed by atoms with van der Waals surface area (Å²) in [5.74, 6) is 0. The van der Waals surface area contributed by atoms with E-state index in [0.717, 1.165) is 5.56 Å². The van der Waals surface area contributed by atoms with E-state index in [2.05, 4.69) is 16.4 Å². The lowest BCUT2D eigenvalue weighted by Gasteiger charge is -2.21. The molecule has 0 spiro atoms. The smallest absolute Gasteiger partial charge is 0.127 e. The zero-order chi connectivity index (χ0) is 11.9. The number of hydrogen-bond acceptors (Lipinski definition) is 3. The van der Waals surface area contributed by atoms with Crippen molar-refractivity contribution >= 4 is 6.34 Å². The first kappa shape index (κ1) is 12.2. The van der Waals surface area contributed by atoms with Crippen LogP contribution in [0.15, 0.2) is 35.3 Å². The molecule has 16 heavy (non-hydrogen) atoms. The van der Waals surface area contributed by atoms with Crippen molar-refractivity contribution in [1.29, 1.82) is 5.26 Å². The third-order valence-electron chi connectivity index (χ3n) is 2.23. The van der Waals surface area contributed by atoms with Crippen LogP contribution in [-0.4, -0.2) is 18.5 Å². The molecule has 0 heterocycles. The Morgan fingerprint density at radius 2 is 2.19 bits per heavy atom. The van der Waals surface area contributed by atoms with E-state index in [-0.39, 0.29) is 6.67 Å². The summed E-state index contributed by atoms with van der Waals surface area (Å²) in [4.78, 5) is 3.84. The van der Waals surface area contributed by atoms with Gasteiger partial charge in [0.2, 0.25) is 0 Å². The molecule has 0 fully saturated rings. The molecule has 4 heteroatoms. The van der Waals surface area contributed by atoms with Crippen LogP contribution in [0.4, 0.5) is 0 Å². The predicted molar refractivity (Wildman–Crippen MR) is 64.8 cm³/mol. The van der Waals surface area contributed by atoms with Gasteiger partial charge >= 0.3 is 0 Å². The minimum atomic E-state index is -0.653. The van der Waals surface area contributed by atoms with Gasteiger partial charge in [-0.25, -0.2) is 0 Å². The van der Waals surface area contributed by atoms with E-state index in [1.54, 1.807) is 0 Å². The van der Waals surface area contributed by atoms with Gasteiger partial charge in [0.25, 0.3) is 0 Å². The van der Waals surface area contributed by atoms with Crippen LogP contribution in [0.3, 0.4) is 0 Å². The van der Waals surface area contributed by atoms with Gasteiger partial charge < -0.3 is 11.1 Å². The first-order valence-electron chi connectivity index (χ1n) is 5.11. The highest BCUT2D eigenvalue weighted by Crippen LogP contribution is 2.11. The summed E-state index contributed by atoms with van der Waals surface area (Å²) in [7, 11) is 0. The average Bonchev–Trinajstić information content (AvgIpc) is 2.31. The maximum Gasteiger partial charge on any atom is 0.127 e. The number of nitrogens with two attached hydrogens (primary N) is 1. The molecule has 1 aromatic carbocycles. The standard InChI is InChI=1S/C12H16N4/c1-12(8-13,16-10-15-9-14)7-11-5-3-2-4-6-11/h2-6,10H,7,9,14H2,1H3,(H,15,16). The molecule has 0 aromatic heterocycles. The van der Waals surface area contributed by atoms with Crippen LogP contribution < -0.4 is 11.1 Å². The maximum atomic E-state index is 9.14. The van der Waals surface area contributed by atoms with E-state index in [1.807, 2.05) is 37.3 Å². The van der Waals surface area contributed by atoms with Gasteiger partial charge in [-0.05, 0) is 12.5 Å². The molecule has 0 aliphatic rings. The lowest BCUT2D eigenvalue weighted by Crippen LogP contribution is -2.42. The molecule has 4 nitrogen and oxygen atoms in total. The van der Waals surface area contributed by atoms with Crippen molar-refractivity contribution in [1.82, 2.24) is 5.32 Å². The SMILES string of the molecule is CC(C#N)(Cc1ccccc1)N/C=N\CN. The van der Waals surface area contributed by atoms with Crippen LogP contribution in [0.5, 0.6) is 0 Å². The lowest BCUT2D eigenvalue weighted by atomic mass is 9.95. The third kappa shape index (κ3) is 3.71. The summed E-state index contributed by atoms with van der Waals surface area (Å²) in [6, 6.07) is 12.1. The second kappa shape index (κ2) is 5.89. The number of aliphatic imine (C=N–C) groups is 1. The molecule has 1 aromatic rings. The fourth-order valence-corrected chi connectivity index (χ4v) is 1.37. The van der Waals surface area contributed by atoms with Gasteiger partial charge in [-0.15, -0.1) is 0 Å². The van der Waals surface area contributed by atoms with Gasteiger partial charge in [-0.2, -0.15) is 5.26 Å². The Labute approximate surface area is 95.8 Å². The molecule has 0 bridgehead atoms. The Hall–Kier alpha value is -1.86. The number of nitrogens with zero attached hydrogens (tertiary/aromatic N) is 2. The zero-order valence-electron chi connectivity index (χ0n) is 9.35. The van der Waals surface area contributed by atoms with Crippen molar-refractivity contribution in [2.45, 2.75) is 18.9 Å². The van der Waals surface area contributed by atoms with Crippen LogP contribution in [0.25, 0.3) is 0 Å². The fraction of sp³-hybridized carbons (Fsp3) is 0.333. The minimum Gasteiger partial charge on any atom is -0.358 e. The Balaban J connectivity index is 2.67. The second-order valence-corrected chi connectivity index (χ2v) is 3.74. The zero-order valence-corrected chi connectivity index (χ0v) is 9.35. The van der Waals surface area contributed by atoms with Gasteiger partial charge in [0, 0.05) is 6.42 Å². The number of rotatable bonds is 5. The summed E-state index contributed by atoms with van der Waals surface area (Å²) in [5.41, 5.74) is 5.69. The fourth-order valence-electron chi connectivity index (χ4n) is 1.37. The molecule has 0 aliphatic heterocycles. The Kier molecular flexibility index (Phi) is 4.49. The van der Waals surface area contributed by atoms with Gasteiger partial charge in [0.05, 0.1) is 19.1 Å². The molecular weight excluding hydrogens is 200 g/mol. The van der Waals surface area contributed by atoms with Crippen molar-refractivity contribution in [3.8, 4) is 6.07 Å². The molecule has 1 unspecified atom stereocenters. The van der Waals surface area contributed by atoms with Crippen molar-refractivity contribution in [2.75, 3.05) is 6.67 Å². The lowest BCUT2D eigenvalue weighted by molar-refractivity contribution is 0.535. The van der Waals surface area contributed by atoms with Crippen LogP contribution in [0, 0.1) is 11.3 Å². The van der Waals surface area contributed by atoms with E-state index in [0.29, 0.717) is 6.42 Å². The van der Waals surface area contributed by atoms with E-state index >= 15 is 0 Å². The van der Waals surface area contributed by atoms with E-state index in [9.17, 15) is 0 Å². The molecule has 84 valence electrons. The van der Waals surface area contributed by atoms with E-state index in [4.69, 9.17) is 11.0 Å². The summed E-state index contributed by atoms with van der Waals surface area (Å²) in [5, 5.41) is 12.1. The molecule has 0 aliphatic carbocycles. The number of hydrogen-bond donors (Lipinski definition) is 2.